The number of amides is 1. The van der Waals surface area contributed by atoms with E-state index in [1.807, 2.05) is 0 Å². The smallest absolute Gasteiger partial charge is 0.256 e. The van der Waals surface area contributed by atoms with E-state index in [1.54, 1.807) is 13.8 Å². The van der Waals surface area contributed by atoms with Gasteiger partial charge < -0.3 is 10.6 Å². The molecule has 1 aromatic rings. The van der Waals surface area contributed by atoms with Gasteiger partial charge in [-0.1, -0.05) is 12.8 Å². The van der Waals surface area contributed by atoms with Crippen LogP contribution in [0.25, 0.3) is 0 Å². The van der Waals surface area contributed by atoms with Gasteiger partial charge in [-0.05, 0) is 25.5 Å². The zero-order valence-corrected chi connectivity index (χ0v) is 11.7. The molecule has 0 aliphatic rings. The number of carbonyl (C=O) groups excluding carboxylic acids is 1. The molecule has 7 heteroatoms. The third-order valence-corrected chi connectivity index (χ3v) is 2.94. The Morgan fingerprint density at radius 2 is 2.19 bits per heavy atom. The highest BCUT2D eigenvalue weighted by atomic mass is 19.3. The Hall–Kier alpha value is -2.23. The van der Waals surface area contributed by atoms with Crippen LogP contribution in [0.2, 0.25) is 0 Å². The Labute approximate surface area is 121 Å². The predicted octanol–water partition coefficient (Wildman–Crippen LogP) is 2.43. The predicted molar refractivity (Wildman–Crippen MR) is 73.7 cm³/mol. The molecule has 0 saturated carbocycles. The van der Waals surface area contributed by atoms with Crippen LogP contribution >= 0.6 is 0 Å². The average Bonchev–Trinajstić information content (AvgIpc) is 2.44. The second kappa shape index (κ2) is 6.97. The quantitative estimate of drug-likeness (QED) is 0.626. The molecule has 0 aromatic carbocycles. The lowest BCUT2D eigenvalue weighted by Gasteiger charge is -2.24. The summed E-state index contributed by atoms with van der Waals surface area (Å²) in [5.41, 5.74) is -0.933. The first-order valence-corrected chi connectivity index (χ1v) is 6.30. The molecule has 4 nitrogen and oxygen atoms in total. The number of aromatic nitrogens is 1. The monoisotopic (exact) mass is 299 g/mol. The van der Waals surface area contributed by atoms with Crippen LogP contribution in [0.5, 0.6) is 0 Å². The summed E-state index contributed by atoms with van der Waals surface area (Å²) in [5.74, 6) is 0.710. The van der Waals surface area contributed by atoms with Crippen molar-refractivity contribution >= 4 is 11.7 Å². The summed E-state index contributed by atoms with van der Waals surface area (Å²) < 4.78 is 37.5. The number of carbonyl (C=O) groups is 1. The molecule has 114 valence electrons. The first kappa shape index (κ1) is 16.8. The van der Waals surface area contributed by atoms with Crippen LogP contribution in [0.15, 0.2) is 12.1 Å². The van der Waals surface area contributed by atoms with E-state index in [4.69, 9.17) is 6.42 Å². The normalized spacial score (nSPS) is 13.4. The molecule has 0 spiro atoms. The van der Waals surface area contributed by atoms with E-state index < -0.39 is 30.4 Å². The summed E-state index contributed by atoms with van der Waals surface area (Å²) in [6.45, 7) is 2.70. The van der Waals surface area contributed by atoms with E-state index in [9.17, 15) is 18.0 Å². The van der Waals surface area contributed by atoms with Crippen molar-refractivity contribution in [2.24, 2.45) is 0 Å². The zero-order valence-electron chi connectivity index (χ0n) is 11.7. The fraction of sp³-hybridized carbons (Fsp3) is 0.429. The summed E-state index contributed by atoms with van der Waals surface area (Å²) in [7, 11) is 0. The lowest BCUT2D eigenvalue weighted by Crippen LogP contribution is -2.44. The van der Waals surface area contributed by atoms with Crippen LogP contribution < -0.4 is 10.6 Å². The van der Waals surface area contributed by atoms with Gasteiger partial charge in [0, 0.05) is 0 Å². The molecule has 1 aromatic heterocycles. The highest BCUT2D eigenvalue weighted by molar-refractivity contribution is 5.99. The van der Waals surface area contributed by atoms with E-state index in [1.165, 1.54) is 0 Å². The highest BCUT2D eigenvalue weighted by Crippen LogP contribution is 2.16. The maximum Gasteiger partial charge on any atom is 0.256 e. The second-order valence-electron chi connectivity index (χ2n) is 4.59. The summed E-state index contributed by atoms with van der Waals surface area (Å²) in [6, 6.07) is 2.14. The molecule has 0 bridgehead atoms. The van der Waals surface area contributed by atoms with Crippen molar-refractivity contribution in [2.45, 2.75) is 32.2 Å². The number of terminal acetylenes is 1. The Morgan fingerprint density at radius 1 is 1.52 bits per heavy atom. The van der Waals surface area contributed by atoms with Gasteiger partial charge >= 0.3 is 0 Å². The molecule has 0 aliphatic carbocycles. The highest BCUT2D eigenvalue weighted by Gasteiger charge is 2.24. The summed E-state index contributed by atoms with van der Waals surface area (Å²) >= 11 is 0. The van der Waals surface area contributed by atoms with E-state index in [0.29, 0.717) is 6.42 Å². The number of nitrogens with one attached hydrogen (secondary N) is 2. The minimum absolute atomic E-state index is 0.0491. The van der Waals surface area contributed by atoms with Gasteiger partial charge in [0.05, 0.1) is 17.6 Å². The van der Waals surface area contributed by atoms with Crippen molar-refractivity contribution in [1.82, 2.24) is 10.3 Å². The maximum atomic E-state index is 13.1. The van der Waals surface area contributed by atoms with Crippen molar-refractivity contribution in [2.75, 3.05) is 11.9 Å². The molecular weight excluding hydrogens is 283 g/mol. The van der Waals surface area contributed by atoms with Crippen LogP contribution in [-0.2, 0) is 0 Å². The summed E-state index contributed by atoms with van der Waals surface area (Å²) in [5, 5.41) is 4.83. The number of hydrogen-bond donors (Lipinski definition) is 2. The summed E-state index contributed by atoms with van der Waals surface area (Å²) in [4.78, 5) is 15.6. The molecule has 2 N–H and O–H groups in total. The first-order valence-electron chi connectivity index (χ1n) is 6.30. The summed E-state index contributed by atoms with van der Waals surface area (Å²) in [6.07, 6.45) is 3.17. The minimum atomic E-state index is -2.66. The lowest BCUT2D eigenvalue weighted by molar-refractivity contribution is 0.0923. The maximum absolute atomic E-state index is 13.1. The van der Waals surface area contributed by atoms with Crippen LogP contribution in [0.3, 0.4) is 0 Å². The van der Waals surface area contributed by atoms with Gasteiger partial charge in [0.1, 0.15) is 5.82 Å². The van der Waals surface area contributed by atoms with Crippen molar-refractivity contribution < 1.29 is 18.0 Å². The first-order chi connectivity index (χ1) is 9.81. The van der Waals surface area contributed by atoms with Crippen LogP contribution in [-0.4, -0.2) is 29.4 Å². The van der Waals surface area contributed by atoms with Crippen LogP contribution in [0.1, 0.15) is 30.6 Å². The molecule has 0 radical (unpaired) electrons. The van der Waals surface area contributed by atoms with Crippen LogP contribution in [0, 0.1) is 18.3 Å². The molecule has 1 heterocycles. The SMILES string of the molecule is C#CC(C)(CC)NC(=O)c1ccc(F)nc1NCC(F)F. The van der Waals surface area contributed by atoms with Gasteiger partial charge in [0.2, 0.25) is 5.95 Å². The topological polar surface area (TPSA) is 54.0 Å². The fourth-order valence-corrected chi connectivity index (χ4v) is 1.47. The third-order valence-electron chi connectivity index (χ3n) is 2.94. The Bertz CT molecular complexity index is 557. The number of hydrogen-bond acceptors (Lipinski definition) is 3. The molecule has 1 rings (SSSR count). The van der Waals surface area contributed by atoms with Gasteiger partial charge in [-0.2, -0.15) is 4.39 Å². The van der Waals surface area contributed by atoms with E-state index >= 15 is 0 Å². The number of rotatable bonds is 6. The van der Waals surface area contributed by atoms with Gasteiger partial charge in [-0.25, -0.2) is 13.8 Å². The molecule has 1 atom stereocenters. The number of anilines is 1. The van der Waals surface area contributed by atoms with E-state index in [0.717, 1.165) is 12.1 Å². The molecular formula is C14H16F3N3O. The number of nitrogens with zero attached hydrogens (tertiary/aromatic N) is 1. The Balaban J connectivity index is 3.01. The van der Waals surface area contributed by atoms with E-state index in [-0.39, 0.29) is 11.4 Å². The molecule has 0 saturated heterocycles. The second-order valence-corrected chi connectivity index (χ2v) is 4.59. The largest absolute Gasteiger partial charge is 0.364 e. The number of halogens is 3. The van der Waals surface area contributed by atoms with E-state index in [2.05, 4.69) is 21.5 Å². The van der Waals surface area contributed by atoms with Gasteiger partial charge in [0.25, 0.3) is 12.3 Å². The number of pyridine rings is 1. The third kappa shape index (κ3) is 4.67. The lowest BCUT2D eigenvalue weighted by atomic mass is 9.99. The van der Waals surface area contributed by atoms with Crippen molar-refractivity contribution in [3.63, 3.8) is 0 Å². The van der Waals surface area contributed by atoms with Crippen molar-refractivity contribution in [1.29, 1.82) is 0 Å². The van der Waals surface area contributed by atoms with Gasteiger partial charge in [0.15, 0.2) is 0 Å². The standard InChI is InChI=1S/C14H16F3N3O/c1-4-14(3,5-2)20-13(21)9-6-7-11(17)19-12(9)18-8-10(15)16/h1,6-7,10H,5,8H2,2-3H3,(H,18,19)(H,20,21). The zero-order chi connectivity index (χ0) is 16.0. The van der Waals surface area contributed by atoms with Crippen LogP contribution in [0.4, 0.5) is 19.0 Å². The Morgan fingerprint density at radius 3 is 2.71 bits per heavy atom. The minimum Gasteiger partial charge on any atom is -0.364 e. The van der Waals surface area contributed by atoms with Crippen molar-refractivity contribution in [3.05, 3.63) is 23.6 Å². The Kier molecular flexibility index (Phi) is 5.59. The molecule has 1 amide bonds. The molecule has 1 unspecified atom stereocenters. The van der Waals surface area contributed by atoms with Gasteiger partial charge in [-0.15, -0.1) is 6.42 Å². The molecule has 21 heavy (non-hydrogen) atoms. The molecule has 0 aliphatic heterocycles. The van der Waals surface area contributed by atoms with Gasteiger partial charge in [-0.3, -0.25) is 4.79 Å². The average molecular weight is 299 g/mol. The van der Waals surface area contributed by atoms with Crippen molar-refractivity contribution in [3.8, 4) is 12.3 Å². The number of alkyl halides is 2. The molecule has 0 fully saturated rings. The fourth-order valence-electron chi connectivity index (χ4n) is 1.47.